The molecule has 7 nitrogen and oxygen atoms in total. The van der Waals surface area contributed by atoms with Crippen LogP contribution in [0, 0.1) is 6.92 Å². The van der Waals surface area contributed by atoms with E-state index in [2.05, 4.69) is 20.1 Å². The minimum atomic E-state index is -3.48. The molecule has 1 aromatic heterocycles. The monoisotopic (exact) mass is 429 g/mol. The molecule has 2 N–H and O–H groups in total. The second-order valence-electron chi connectivity index (χ2n) is 6.78. The molecule has 0 bridgehead atoms. The number of benzene rings is 2. The lowest BCUT2D eigenvalue weighted by Crippen LogP contribution is -2.20. The number of allylic oxidation sites excluding steroid dienone is 1. The Bertz CT molecular complexity index is 1170. The van der Waals surface area contributed by atoms with Crippen molar-refractivity contribution in [2.24, 2.45) is 0 Å². The summed E-state index contributed by atoms with van der Waals surface area (Å²) in [6.07, 6.45) is 2.04. The van der Waals surface area contributed by atoms with Crippen LogP contribution >= 0.6 is 11.6 Å². The number of aromatic nitrogens is 3. The summed E-state index contributed by atoms with van der Waals surface area (Å²) in [4.78, 5) is 4.35. The van der Waals surface area contributed by atoms with Gasteiger partial charge in [0.2, 0.25) is 16.0 Å². The molecule has 0 spiro atoms. The van der Waals surface area contributed by atoms with Crippen LogP contribution in [0.15, 0.2) is 54.6 Å². The maximum Gasteiger partial charge on any atom is 0.257 e. The second-order valence-corrected chi connectivity index (χ2v) is 9.22. The summed E-state index contributed by atoms with van der Waals surface area (Å²) in [5.41, 5.74) is 3.99. The smallest absolute Gasteiger partial charge is 0.257 e. The van der Waals surface area contributed by atoms with Gasteiger partial charge < -0.3 is 5.32 Å². The Morgan fingerprint density at radius 3 is 2.48 bits per heavy atom. The first-order chi connectivity index (χ1) is 13.8. The molecular formula is C20H20ClN5O2S. The molecular weight excluding hydrogens is 410 g/mol. The molecule has 2 aromatic carbocycles. The third-order valence-corrected chi connectivity index (χ3v) is 6.17. The number of anilines is 2. The van der Waals surface area contributed by atoms with E-state index in [1.165, 1.54) is 5.56 Å². The van der Waals surface area contributed by atoms with Crippen molar-refractivity contribution < 1.29 is 8.42 Å². The van der Waals surface area contributed by atoms with Crippen LogP contribution in [0.4, 0.5) is 11.9 Å². The van der Waals surface area contributed by atoms with Gasteiger partial charge in [0.15, 0.2) is 0 Å². The fraction of sp³-hybridized carbons (Fsp3) is 0.200. The van der Waals surface area contributed by atoms with Gasteiger partial charge in [0.05, 0.1) is 5.75 Å². The van der Waals surface area contributed by atoms with Gasteiger partial charge in [-0.1, -0.05) is 53.6 Å². The lowest BCUT2D eigenvalue weighted by atomic mass is 10.0. The molecule has 0 saturated carbocycles. The molecule has 1 aliphatic heterocycles. The molecule has 9 heteroatoms. The summed E-state index contributed by atoms with van der Waals surface area (Å²) >= 11 is 6.04. The highest BCUT2D eigenvalue weighted by atomic mass is 35.5. The Hall–Kier alpha value is -2.84. The first-order valence-electron chi connectivity index (χ1n) is 9.13. The summed E-state index contributed by atoms with van der Waals surface area (Å²) < 4.78 is 28.0. The largest absolute Gasteiger partial charge is 0.324 e. The van der Waals surface area contributed by atoms with Crippen molar-refractivity contribution in [3.8, 4) is 0 Å². The standard InChI is InChI=1S/C20H20ClN5O2S/c1-3-29(27,28)25-19-23-20-22-17(14-6-4-13(2)5-7-14)12-18(26(20)24-19)15-8-10-16(21)11-9-15/h4-12,18H,3H2,1-2H3,(H2,22,23,24,25). The number of hydrogen-bond donors (Lipinski definition) is 2. The minimum absolute atomic E-state index is 0.0341. The van der Waals surface area contributed by atoms with Crippen LogP contribution in [0.5, 0.6) is 0 Å². The molecule has 1 unspecified atom stereocenters. The zero-order chi connectivity index (χ0) is 20.6. The lowest BCUT2D eigenvalue weighted by molar-refractivity contribution is 0.599. The Kier molecular flexibility index (Phi) is 5.06. The fourth-order valence-electron chi connectivity index (χ4n) is 3.05. The lowest BCUT2D eigenvalue weighted by Gasteiger charge is -2.24. The number of sulfonamides is 1. The van der Waals surface area contributed by atoms with Gasteiger partial charge in [-0.15, -0.1) is 5.10 Å². The average Bonchev–Trinajstić information content (AvgIpc) is 3.10. The molecule has 150 valence electrons. The first kappa shape index (κ1) is 19.5. The van der Waals surface area contributed by atoms with E-state index >= 15 is 0 Å². The highest BCUT2D eigenvalue weighted by Gasteiger charge is 2.26. The molecule has 2 heterocycles. The molecule has 0 fully saturated rings. The van der Waals surface area contributed by atoms with E-state index < -0.39 is 10.0 Å². The summed E-state index contributed by atoms with van der Waals surface area (Å²) in [7, 11) is -3.48. The molecule has 1 aliphatic rings. The molecule has 0 radical (unpaired) electrons. The molecule has 1 atom stereocenters. The highest BCUT2D eigenvalue weighted by molar-refractivity contribution is 7.92. The Balaban J connectivity index is 1.78. The number of fused-ring (bicyclic) bond motifs is 1. The third kappa shape index (κ3) is 4.13. The van der Waals surface area contributed by atoms with E-state index in [1.807, 2.05) is 61.5 Å². The van der Waals surface area contributed by atoms with Crippen LogP contribution in [-0.4, -0.2) is 28.9 Å². The SMILES string of the molecule is CCS(=O)(=O)Nc1nc2n(n1)C(c1ccc(Cl)cc1)C=C(c1ccc(C)cc1)N2. The van der Waals surface area contributed by atoms with Crippen molar-refractivity contribution in [3.05, 3.63) is 76.3 Å². The van der Waals surface area contributed by atoms with Gasteiger partial charge in [-0.2, -0.15) is 4.98 Å². The average molecular weight is 430 g/mol. The molecule has 0 saturated heterocycles. The van der Waals surface area contributed by atoms with Crippen LogP contribution in [0.3, 0.4) is 0 Å². The summed E-state index contributed by atoms with van der Waals surface area (Å²) in [5, 5.41) is 8.28. The minimum Gasteiger partial charge on any atom is -0.324 e. The predicted molar refractivity (Wildman–Crippen MR) is 115 cm³/mol. The normalized spacial score (nSPS) is 16.0. The van der Waals surface area contributed by atoms with E-state index in [-0.39, 0.29) is 17.7 Å². The molecule has 29 heavy (non-hydrogen) atoms. The Morgan fingerprint density at radius 1 is 1.14 bits per heavy atom. The molecule has 0 aliphatic carbocycles. The van der Waals surface area contributed by atoms with Crippen LogP contribution in [0.1, 0.15) is 29.7 Å². The number of aryl methyl sites for hydroxylation is 1. The van der Waals surface area contributed by atoms with Crippen LogP contribution in [-0.2, 0) is 10.0 Å². The topological polar surface area (TPSA) is 88.9 Å². The van der Waals surface area contributed by atoms with Crippen LogP contribution in [0.2, 0.25) is 5.02 Å². The zero-order valence-electron chi connectivity index (χ0n) is 15.9. The van der Waals surface area contributed by atoms with Gasteiger partial charge in [-0.25, -0.2) is 17.8 Å². The van der Waals surface area contributed by atoms with Crippen molar-refractivity contribution in [3.63, 3.8) is 0 Å². The van der Waals surface area contributed by atoms with Crippen molar-refractivity contribution >= 4 is 39.2 Å². The maximum atomic E-state index is 11.9. The van der Waals surface area contributed by atoms with E-state index in [0.29, 0.717) is 11.0 Å². The van der Waals surface area contributed by atoms with Gasteiger partial charge in [0.1, 0.15) is 6.04 Å². The van der Waals surface area contributed by atoms with E-state index in [0.717, 1.165) is 16.8 Å². The number of rotatable bonds is 5. The van der Waals surface area contributed by atoms with Gasteiger partial charge in [0.25, 0.3) is 5.95 Å². The van der Waals surface area contributed by atoms with Crippen molar-refractivity contribution in [2.45, 2.75) is 19.9 Å². The van der Waals surface area contributed by atoms with Crippen molar-refractivity contribution in [1.29, 1.82) is 0 Å². The van der Waals surface area contributed by atoms with Gasteiger partial charge in [-0.05, 0) is 43.2 Å². The predicted octanol–water partition coefficient (Wildman–Crippen LogP) is 4.06. The Labute approximate surface area is 174 Å². The first-order valence-corrected chi connectivity index (χ1v) is 11.2. The van der Waals surface area contributed by atoms with Crippen LogP contribution in [0.25, 0.3) is 5.70 Å². The molecule has 3 aromatic rings. The highest BCUT2D eigenvalue weighted by Crippen LogP contribution is 2.33. The maximum absolute atomic E-state index is 11.9. The number of nitrogens with zero attached hydrogens (tertiary/aromatic N) is 3. The molecule has 0 amide bonds. The number of halogens is 1. The molecule has 4 rings (SSSR count). The second kappa shape index (κ2) is 7.53. The van der Waals surface area contributed by atoms with Crippen molar-refractivity contribution in [1.82, 2.24) is 14.8 Å². The summed E-state index contributed by atoms with van der Waals surface area (Å²) in [5.74, 6) is 0.432. The number of hydrogen-bond acceptors (Lipinski definition) is 5. The third-order valence-electron chi connectivity index (χ3n) is 4.67. The zero-order valence-corrected chi connectivity index (χ0v) is 17.5. The van der Waals surface area contributed by atoms with Gasteiger partial charge >= 0.3 is 0 Å². The summed E-state index contributed by atoms with van der Waals surface area (Å²) in [6, 6.07) is 15.3. The fourth-order valence-corrected chi connectivity index (χ4v) is 3.68. The Morgan fingerprint density at radius 2 is 1.83 bits per heavy atom. The van der Waals surface area contributed by atoms with Gasteiger partial charge in [0, 0.05) is 10.7 Å². The quantitative estimate of drug-likeness (QED) is 0.638. The van der Waals surface area contributed by atoms with E-state index in [9.17, 15) is 8.42 Å². The van der Waals surface area contributed by atoms with Crippen LogP contribution < -0.4 is 10.0 Å². The van der Waals surface area contributed by atoms with E-state index in [1.54, 1.807) is 11.6 Å². The summed E-state index contributed by atoms with van der Waals surface area (Å²) in [6.45, 7) is 3.59. The van der Waals surface area contributed by atoms with E-state index in [4.69, 9.17) is 11.6 Å². The van der Waals surface area contributed by atoms with Gasteiger partial charge in [-0.3, -0.25) is 0 Å². The number of nitrogens with one attached hydrogen (secondary N) is 2. The van der Waals surface area contributed by atoms with Crippen molar-refractivity contribution in [2.75, 3.05) is 15.8 Å².